The van der Waals surface area contributed by atoms with Crippen LogP contribution in [0.15, 0.2) is 24.3 Å². The van der Waals surface area contributed by atoms with Crippen molar-refractivity contribution in [2.45, 2.75) is 32.2 Å². The van der Waals surface area contributed by atoms with Crippen LogP contribution in [-0.2, 0) is 6.54 Å². The van der Waals surface area contributed by atoms with Crippen molar-refractivity contribution in [1.82, 2.24) is 5.32 Å². The van der Waals surface area contributed by atoms with E-state index < -0.39 is 0 Å². The van der Waals surface area contributed by atoms with Gasteiger partial charge in [-0.15, -0.1) is 0 Å². The maximum Gasteiger partial charge on any atom is 0.123 e. The number of aliphatic hydroxyl groups excluding tert-OH is 1. The first-order valence-electron chi connectivity index (χ1n) is 6.30. The molecule has 2 N–H and O–H groups in total. The van der Waals surface area contributed by atoms with Crippen LogP contribution < -0.4 is 5.32 Å². The highest BCUT2D eigenvalue weighted by molar-refractivity contribution is 5.16. The highest BCUT2D eigenvalue weighted by Crippen LogP contribution is 2.36. The fraction of sp³-hybridized carbons (Fsp3) is 0.571. The Balaban J connectivity index is 1.82. The number of hydrogen-bond donors (Lipinski definition) is 2. The predicted octanol–water partition coefficient (Wildman–Crippen LogP) is 2.47. The second-order valence-electron chi connectivity index (χ2n) is 5.10. The summed E-state index contributed by atoms with van der Waals surface area (Å²) in [6.07, 6.45) is 4.61. The average Bonchev–Trinajstić information content (AvgIpc) is 2.79. The van der Waals surface area contributed by atoms with Gasteiger partial charge in [0.05, 0.1) is 0 Å². The molecule has 1 saturated carbocycles. The van der Waals surface area contributed by atoms with Gasteiger partial charge in [0, 0.05) is 25.1 Å². The predicted molar refractivity (Wildman–Crippen MR) is 66.1 cm³/mol. The third-order valence-electron chi connectivity index (χ3n) is 3.72. The smallest absolute Gasteiger partial charge is 0.123 e. The summed E-state index contributed by atoms with van der Waals surface area (Å²) >= 11 is 0. The molecule has 2 nitrogen and oxygen atoms in total. The lowest BCUT2D eigenvalue weighted by Gasteiger charge is -2.26. The lowest BCUT2D eigenvalue weighted by atomic mass is 9.87. The van der Waals surface area contributed by atoms with E-state index in [1.165, 1.54) is 18.9 Å². The molecule has 3 heteroatoms. The minimum absolute atomic E-state index is 0.0628. The molecule has 0 bridgehead atoms. The second kappa shape index (κ2) is 5.61. The molecule has 17 heavy (non-hydrogen) atoms. The van der Waals surface area contributed by atoms with Gasteiger partial charge in [-0.1, -0.05) is 25.0 Å². The van der Waals surface area contributed by atoms with Crippen molar-refractivity contribution in [3.05, 3.63) is 35.6 Å². The second-order valence-corrected chi connectivity index (χ2v) is 5.10. The van der Waals surface area contributed by atoms with E-state index >= 15 is 0 Å². The summed E-state index contributed by atoms with van der Waals surface area (Å²) in [5.74, 6) is -0.193. The number of rotatable bonds is 5. The van der Waals surface area contributed by atoms with Gasteiger partial charge in [0.1, 0.15) is 5.82 Å². The van der Waals surface area contributed by atoms with Crippen molar-refractivity contribution in [2.75, 3.05) is 13.2 Å². The van der Waals surface area contributed by atoms with Crippen LogP contribution in [-0.4, -0.2) is 18.3 Å². The summed E-state index contributed by atoms with van der Waals surface area (Å²) < 4.78 is 13.0. The van der Waals surface area contributed by atoms with Crippen molar-refractivity contribution in [3.63, 3.8) is 0 Å². The van der Waals surface area contributed by atoms with Crippen LogP contribution >= 0.6 is 0 Å². The minimum atomic E-state index is -0.193. The van der Waals surface area contributed by atoms with Gasteiger partial charge in [-0.2, -0.15) is 0 Å². The summed E-state index contributed by atoms with van der Waals surface area (Å²) in [6, 6.07) is 6.64. The molecule has 1 fully saturated rings. The average molecular weight is 237 g/mol. The standard InChI is InChI=1S/C14H20FNO/c15-13-5-3-4-12(8-13)9-16-10-14(11-17)6-1-2-7-14/h3-5,8,16-17H,1-2,6-7,9-11H2. The van der Waals surface area contributed by atoms with Gasteiger partial charge in [-0.3, -0.25) is 0 Å². The Bertz CT molecular complexity index is 361. The lowest BCUT2D eigenvalue weighted by Crippen LogP contribution is -2.34. The quantitative estimate of drug-likeness (QED) is 0.824. The van der Waals surface area contributed by atoms with E-state index in [4.69, 9.17) is 0 Å². The Hall–Kier alpha value is -0.930. The van der Waals surface area contributed by atoms with Crippen LogP contribution in [0.2, 0.25) is 0 Å². The third-order valence-corrected chi connectivity index (χ3v) is 3.72. The topological polar surface area (TPSA) is 32.3 Å². The molecule has 0 radical (unpaired) electrons. The molecule has 0 heterocycles. The van der Waals surface area contributed by atoms with E-state index in [0.29, 0.717) is 6.54 Å². The largest absolute Gasteiger partial charge is 0.396 e. The van der Waals surface area contributed by atoms with Crippen LogP contribution in [0.1, 0.15) is 31.2 Å². The van der Waals surface area contributed by atoms with E-state index in [0.717, 1.165) is 24.9 Å². The molecule has 1 aliphatic rings. The van der Waals surface area contributed by atoms with Gasteiger partial charge in [0.2, 0.25) is 0 Å². The summed E-state index contributed by atoms with van der Waals surface area (Å²) in [5, 5.41) is 12.8. The van der Waals surface area contributed by atoms with Crippen molar-refractivity contribution in [1.29, 1.82) is 0 Å². The van der Waals surface area contributed by atoms with Crippen LogP contribution in [0.4, 0.5) is 4.39 Å². The zero-order valence-electron chi connectivity index (χ0n) is 10.1. The molecular formula is C14H20FNO. The van der Waals surface area contributed by atoms with E-state index in [9.17, 15) is 9.50 Å². The Morgan fingerprint density at radius 2 is 2.06 bits per heavy atom. The van der Waals surface area contributed by atoms with E-state index in [2.05, 4.69) is 5.32 Å². The zero-order chi connectivity index (χ0) is 12.1. The van der Waals surface area contributed by atoms with Gasteiger partial charge >= 0.3 is 0 Å². The monoisotopic (exact) mass is 237 g/mol. The van der Waals surface area contributed by atoms with Gasteiger partial charge in [-0.25, -0.2) is 4.39 Å². The van der Waals surface area contributed by atoms with Crippen LogP contribution in [0.5, 0.6) is 0 Å². The van der Waals surface area contributed by atoms with Crippen LogP contribution in [0.25, 0.3) is 0 Å². The van der Waals surface area contributed by atoms with Crippen LogP contribution in [0.3, 0.4) is 0 Å². The van der Waals surface area contributed by atoms with E-state index in [1.807, 2.05) is 6.07 Å². The number of halogens is 1. The van der Waals surface area contributed by atoms with Crippen molar-refractivity contribution in [2.24, 2.45) is 5.41 Å². The summed E-state index contributed by atoms with van der Waals surface area (Å²) in [6.45, 7) is 1.74. The molecule has 1 aromatic carbocycles. The number of hydrogen-bond acceptors (Lipinski definition) is 2. The molecule has 94 valence electrons. The molecule has 0 aromatic heterocycles. The summed E-state index contributed by atoms with van der Waals surface area (Å²) in [4.78, 5) is 0. The Morgan fingerprint density at radius 1 is 1.29 bits per heavy atom. The molecule has 0 atom stereocenters. The number of aliphatic hydroxyl groups is 1. The normalized spacial score (nSPS) is 18.5. The summed E-state index contributed by atoms with van der Waals surface area (Å²) in [7, 11) is 0. The van der Waals surface area contributed by atoms with Gasteiger partial charge in [0.15, 0.2) is 0 Å². The summed E-state index contributed by atoms with van der Waals surface area (Å²) in [5.41, 5.74) is 1.02. The maximum atomic E-state index is 13.0. The Kier molecular flexibility index (Phi) is 4.13. The van der Waals surface area contributed by atoms with Crippen molar-refractivity contribution < 1.29 is 9.50 Å². The fourth-order valence-corrected chi connectivity index (χ4v) is 2.63. The molecule has 1 aromatic rings. The highest BCUT2D eigenvalue weighted by atomic mass is 19.1. The molecule has 0 unspecified atom stereocenters. The highest BCUT2D eigenvalue weighted by Gasteiger charge is 2.32. The third kappa shape index (κ3) is 3.27. The van der Waals surface area contributed by atoms with Gasteiger partial charge < -0.3 is 10.4 Å². The maximum absolute atomic E-state index is 13.0. The first-order chi connectivity index (χ1) is 8.24. The van der Waals surface area contributed by atoms with E-state index in [1.54, 1.807) is 12.1 Å². The van der Waals surface area contributed by atoms with Crippen molar-refractivity contribution >= 4 is 0 Å². The zero-order valence-corrected chi connectivity index (χ0v) is 10.1. The molecular weight excluding hydrogens is 217 g/mol. The molecule has 0 aliphatic heterocycles. The van der Waals surface area contributed by atoms with Gasteiger partial charge in [-0.05, 0) is 30.5 Å². The minimum Gasteiger partial charge on any atom is -0.396 e. The Morgan fingerprint density at radius 3 is 2.71 bits per heavy atom. The number of benzene rings is 1. The molecule has 0 saturated heterocycles. The Labute approximate surface area is 102 Å². The van der Waals surface area contributed by atoms with E-state index in [-0.39, 0.29) is 17.8 Å². The fourth-order valence-electron chi connectivity index (χ4n) is 2.63. The van der Waals surface area contributed by atoms with Crippen LogP contribution in [0, 0.1) is 11.2 Å². The SMILES string of the molecule is OCC1(CNCc2cccc(F)c2)CCCC1. The molecule has 0 spiro atoms. The molecule has 0 amide bonds. The first kappa shape index (κ1) is 12.5. The lowest BCUT2D eigenvalue weighted by molar-refractivity contribution is 0.128. The molecule has 2 rings (SSSR count). The molecule has 1 aliphatic carbocycles. The first-order valence-corrected chi connectivity index (χ1v) is 6.30. The van der Waals surface area contributed by atoms with Crippen molar-refractivity contribution in [3.8, 4) is 0 Å². The number of nitrogens with one attached hydrogen (secondary N) is 1. The van der Waals surface area contributed by atoms with Gasteiger partial charge in [0.25, 0.3) is 0 Å².